The summed E-state index contributed by atoms with van der Waals surface area (Å²) in [6.07, 6.45) is 3.22. The third kappa shape index (κ3) is 4.47. The van der Waals surface area contributed by atoms with Crippen LogP contribution in [0.15, 0.2) is 42.5 Å². The highest BCUT2D eigenvalue weighted by Gasteiger charge is 2.44. The quantitative estimate of drug-likeness (QED) is 0.737. The van der Waals surface area contributed by atoms with Crippen LogP contribution in [-0.2, 0) is 16.6 Å². The number of nitrogens with one attached hydrogen (secondary N) is 1. The van der Waals surface area contributed by atoms with Crippen LogP contribution in [-0.4, -0.2) is 42.5 Å². The lowest BCUT2D eigenvalue weighted by atomic mass is 9.81. The topological polar surface area (TPSA) is 35.6 Å². The zero-order valence-corrected chi connectivity index (χ0v) is 19.1. The number of anilines is 2. The first kappa shape index (κ1) is 21.8. The number of hydrogen-bond acceptors (Lipinski definition) is 3. The molecule has 0 bridgehead atoms. The summed E-state index contributed by atoms with van der Waals surface area (Å²) in [5.41, 5.74) is 4.78. The predicted molar refractivity (Wildman–Crippen MR) is 125 cm³/mol. The molecule has 0 aromatic heterocycles. The second-order valence-corrected chi connectivity index (χ2v) is 9.67. The van der Waals surface area contributed by atoms with Crippen molar-refractivity contribution >= 4 is 17.3 Å². The molecule has 1 N–H and O–H groups in total. The van der Waals surface area contributed by atoms with Crippen molar-refractivity contribution in [3.63, 3.8) is 0 Å². The average Bonchev–Trinajstić information content (AvgIpc) is 2.93. The first-order chi connectivity index (χ1) is 14.8. The molecule has 1 unspecified atom stereocenters. The van der Waals surface area contributed by atoms with E-state index in [1.807, 2.05) is 18.2 Å². The van der Waals surface area contributed by atoms with E-state index >= 15 is 0 Å². The largest absolute Gasteiger partial charge is 0.365 e. The first-order valence-electron chi connectivity index (χ1n) is 11.4. The number of piperidine rings is 1. The van der Waals surface area contributed by atoms with Crippen LogP contribution in [0.5, 0.6) is 0 Å². The van der Waals surface area contributed by atoms with Crippen molar-refractivity contribution in [2.75, 3.05) is 29.9 Å². The van der Waals surface area contributed by atoms with Gasteiger partial charge in [-0.25, -0.2) is 4.39 Å². The van der Waals surface area contributed by atoms with Gasteiger partial charge in [-0.3, -0.25) is 4.79 Å². The van der Waals surface area contributed by atoms with Crippen LogP contribution in [0.4, 0.5) is 15.8 Å². The number of hydrogen-bond donors (Lipinski definition) is 1. The molecule has 1 saturated heterocycles. The van der Waals surface area contributed by atoms with E-state index in [4.69, 9.17) is 0 Å². The number of nitrogens with zero attached hydrogens (tertiary/aromatic N) is 2. The maximum atomic E-state index is 13.1. The Morgan fingerprint density at radius 1 is 1.13 bits per heavy atom. The molecule has 5 heteroatoms. The van der Waals surface area contributed by atoms with Crippen LogP contribution in [0.25, 0.3) is 0 Å². The van der Waals surface area contributed by atoms with Crippen LogP contribution in [0.1, 0.15) is 51.7 Å². The van der Waals surface area contributed by atoms with Gasteiger partial charge in [0.1, 0.15) is 5.82 Å². The fraction of sp³-hybridized carbons (Fsp3) is 0.500. The van der Waals surface area contributed by atoms with Gasteiger partial charge in [0.05, 0.1) is 0 Å². The molecule has 2 aliphatic heterocycles. The second-order valence-electron chi connectivity index (χ2n) is 9.67. The second kappa shape index (κ2) is 8.62. The van der Waals surface area contributed by atoms with Gasteiger partial charge in [0.2, 0.25) is 5.91 Å². The lowest BCUT2D eigenvalue weighted by Gasteiger charge is -2.42. The summed E-state index contributed by atoms with van der Waals surface area (Å²) in [4.78, 5) is 16.7. The average molecular weight is 424 g/mol. The lowest BCUT2D eigenvalue weighted by Crippen LogP contribution is -2.50. The number of carbonyl (C=O) groups is 1. The van der Waals surface area contributed by atoms with Gasteiger partial charge in [0.25, 0.3) is 0 Å². The Hall–Kier alpha value is -2.40. The van der Waals surface area contributed by atoms with Gasteiger partial charge in [0, 0.05) is 55.4 Å². The summed E-state index contributed by atoms with van der Waals surface area (Å²) in [5.74, 6) is -0.208. The molecule has 2 aromatic rings. The van der Waals surface area contributed by atoms with Crippen molar-refractivity contribution < 1.29 is 9.18 Å². The Labute approximate surface area is 185 Å². The summed E-state index contributed by atoms with van der Waals surface area (Å²) in [6, 6.07) is 14.2. The number of carbonyl (C=O) groups excluding carboxylic acids is 1. The smallest absolute Gasteiger partial charge is 0.221 e. The van der Waals surface area contributed by atoms with Crippen LogP contribution >= 0.6 is 0 Å². The van der Waals surface area contributed by atoms with Gasteiger partial charge in [-0.15, -0.1) is 0 Å². The van der Waals surface area contributed by atoms with E-state index in [2.05, 4.69) is 48.0 Å². The molecule has 1 amide bonds. The Kier molecular flexibility index (Phi) is 6.07. The van der Waals surface area contributed by atoms with Crippen LogP contribution in [0, 0.1) is 5.82 Å². The van der Waals surface area contributed by atoms with Crippen LogP contribution in [0.2, 0.25) is 0 Å². The molecule has 2 aliphatic rings. The number of fused-ring (bicyclic) bond motifs is 1. The highest BCUT2D eigenvalue weighted by atomic mass is 19.1. The molecule has 2 aromatic carbocycles. The van der Waals surface area contributed by atoms with E-state index in [9.17, 15) is 9.18 Å². The van der Waals surface area contributed by atoms with Gasteiger partial charge < -0.3 is 15.1 Å². The molecule has 4 nitrogen and oxygen atoms in total. The van der Waals surface area contributed by atoms with Gasteiger partial charge in [-0.2, -0.15) is 0 Å². The molecule has 2 heterocycles. The maximum Gasteiger partial charge on any atom is 0.221 e. The molecular formula is C26H34FN3O. The Morgan fingerprint density at radius 3 is 2.45 bits per heavy atom. The van der Waals surface area contributed by atoms with Gasteiger partial charge in [-0.1, -0.05) is 32.0 Å². The van der Waals surface area contributed by atoms with Gasteiger partial charge >= 0.3 is 0 Å². The van der Waals surface area contributed by atoms with Crippen molar-refractivity contribution in [3.05, 3.63) is 59.4 Å². The number of halogens is 1. The fourth-order valence-corrected chi connectivity index (χ4v) is 5.22. The number of rotatable bonds is 5. The molecular weight excluding hydrogens is 389 g/mol. The van der Waals surface area contributed by atoms with Gasteiger partial charge in [0.15, 0.2) is 0 Å². The van der Waals surface area contributed by atoms with E-state index in [0.717, 1.165) is 44.6 Å². The van der Waals surface area contributed by atoms with Crippen LogP contribution in [0.3, 0.4) is 0 Å². The highest BCUT2D eigenvalue weighted by Crippen LogP contribution is 2.48. The summed E-state index contributed by atoms with van der Waals surface area (Å²) >= 11 is 0. The minimum atomic E-state index is -0.172. The standard InChI is InChI=1S/C26H34FN3O/c1-18-26(3,4)24-10-9-22(28-19(2)31)17-25(24)30(18)23-12-15-29(16-13-23)14-11-20-5-7-21(27)8-6-20/h5-10,17-18,23H,11-16H2,1-4H3,(H,28,31). The molecule has 31 heavy (non-hydrogen) atoms. The van der Waals surface area contributed by atoms with E-state index in [1.54, 1.807) is 19.1 Å². The van der Waals surface area contributed by atoms with Gasteiger partial charge in [-0.05, 0) is 61.6 Å². The Morgan fingerprint density at radius 2 is 1.81 bits per heavy atom. The Balaban J connectivity index is 1.43. The van der Waals surface area contributed by atoms with Crippen molar-refractivity contribution in [1.29, 1.82) is 0 Å². The summed E-state index contributed by atoms with van der Waals surface area (Å²) in [5, 5.41) is 2.95. The van der Waals surface area contributed by atoms with E-state index in [1.165, 1.54) is 16.8 Å². The molecule has 1 atom stereocenters. The molecule has 0 saturated carbocycles. The number of benzene rings is 2. The summed E-state index contributed by atoms with van der Waals surface area (Å²) in [6.45, 7) is 11.7. The van der Waals surface area contributed by atoms with Crippen molar-refractivity contribution in [3.8, 4) is 0 Å². The molecule has 1 fully saturated rings. The van der Waals surface area contributed by atoms with E-state index in [0.29, 0.717) is 12.1 Å². The number of amides is 1. The number of likely N-dealkylation sites (tertiary alicyclic amines) is 1. The summed E-state index contributed by atoms with van der Waals surface area (Å²) < 4.78 is 13.1. The molecule has 0 spiro atoms. The fourth-order valence-electron chi connectivity index (χ4n) is 5.22. The van der Waals surface area contributed by atoms with E-state index in [-0.39, 0.29) is 17.1 Å². The van der Waals surface area contributed by atoms with E-state index < -0.39 is 0 Å². The molecule has 0 aliphatic carbocycles. The zero-order chi connectivity index (χ0) is 22.2. The zero-order valence-electron chi connectivity index (χ0n) is 19.1. The maximum absolute atomic E-state index is 13.1. The monoisotopic (exact) mass is 423 g/mol. The highest BCUT2D eigenvalue weighted by molar-refractivity contribution is 5.89. The molecule has 4 rings (SSSR count). The first-order valence-corrected chi connectivity index (χ1v) is 11.4. The SMILES string of the molecule is CC(=O)Nc1ccc2c(c1)N(C1CCN(CCc3ccc(F)cc3)CC1)C(C)C2(C)C. The van der Waals surface area contributed by atoms with Crippen molar-refractivity contribution in [2.45, 2.75) is 64.5 Å². The molecule has 166 valence electrons. The van der Waals surface area contributed by atoms with Crippen molar-refractivity contribution in [1.82, 2.24) is 4.90 Å². The minimum Gasteiger partial charge on any atom is -0.365 e. The van der Waals surface area contributed by atoms with Crippen LogP contribution < -0.4 is 10.2 Å². The minimum absolute atomic E-state index is 0.0359. The third-order valence-corrected chi connectivity index (χ3v) is 7.33. The lowest BCUT2D eigenvalue weighted by molar-refractivity contribution is -0.114. The normalized spacial score (nSPS) is 21.2. The van der Waals surface area contributed by atoms with Crippen molar-refractivity contribution in [2.24, 2.45) is 0 Å². The predicted octanol–water partition coefficient (Wildman–Crippen LogP) is 4.98. The Bertz CT molecular complexity index is 932. The summed E-state index contributed by atoms with van der Waals surface area (Å²) in [7, 11) is 0. The third-order valence-electron chi connectivity index (χ3n) is 7.33. The molecule has 0 radical (unpaired) electrons.